The van der Waals surface area contributed by atoms with Gasteiger partial charge in [-0.2, -0.15) is 9.61 Å². The second-order valence-electron chi connectivity index (χ2n) is 12.8. The van der Waals surface area contributed by atoms with Crippen molar-refractivity contribution in [3.05, 3.63) is 47.1 Å². The highest BCUT2D eigenvalue weighted by Gasteiger charge is 2.37. The lowest BCUT2D eigenvalue weighted by Gasteiger charge is -2.41. The topological polar surface area (TPSA) is 129 Å². The van der Waals surface area contributed by atoms with Crippen LogP contribution in [-0.4, -0.2) is 78.2 Å². The molecule has 2 atom stereocenters. The van der Waals surface area contributed by atoms with E-state index >= 15 is 0 Å². The number of rotatable bonds is 4. The van der Waals surface area contributed by atoms with Crippen LogP contribution in [-0.2, 0) is 25.5 Å². The fourth-order valence-corrected chi connectivity index (χ4v) is 5.62. The van der Waals surface area contributed by atoms with E-state index in [1.54, 1.807) is 9.20 Å². The highest BCUT2D eigenvalue weighted by Crippen LogP contribution is 2.37. The van der Waals surface area contributed by atoms with Crippen LogP contribution < -0.4 is 4.90 Å². The average molecular weight is 582 g/mol. The summed E-state index contributed by atoms with van der Waals surface area (Å²) in [7, 11) is 0. The molecule has 0 saturated carbocycles. The van der Waals surface area contributed by atoms with Crippen molar-refractivity contribution < 1.29 is 24.1 Å². The Kier molecular flexibility index (Phi) is 8.41. The van der Waals surface area contributed by atoms with Gasteiger partial charge < -0.3 is 24.2 Å². The molecule has 3 aromatic rings. The van der Waals surface area contributed by atoms with Gasteiger partial charge in [-0.3, -0.25) is 0 Å². The first-order valence-corrected chi connectivity index (χ1v) is 14.7. The minimum Gasteiger partial charge on any atom is -0.479 e. The number of hydrogen-bond acceptors (Lipinski definition) is 9. The van der Waals surface area contributed by atoms with Crippen LogP contribution in [0.1, 0.15) is 89.2 Å². The SMILES string of the molecule is Cc1nc2cc3nn2c(c1[C@H](OC(C)(C)C)C(=O)O)N1CCC(C)(CC1)OCC=CCOC(C(C)C)c1cn(nn1)C3. The molecule has 12 heteroatoms. The minimum absolute atomic E-state index is 0.206. The van der Waals surface area contributed by atoms with Gasteiger partial charge in [-0.15, -0.1) is 5.10 Å². The van der Waals surface area contributed by atoms with Crippen molar-refractivity contribution >= 4 is 17.4 Å². The van der Waals surface area contributed by atoms with Crippen molar-refractivity contribution in [1.29, 1.82) is 0 Å². The summed E-state index contributed by atoms with van der Waals surface area (Å²) >= 11 is 0. The van der Waals surface area contributed by atoms with Gasteiger partial charge in [0.2, 0.25) is 0 Å². The third kappa shape index (κ3) is 6.50. The molecule has 1 N–H and O–H groups in total. The van der Waals surface area contributed by atoms with E-state index in [-0.39, 0.29) is 17.6 Å². The van der Waals surface area contributed by atoms with Crippen LogP contribution >= 0.6 is 0 Å². The van der Waals surface area contributed by atoms with Crippen molar-refractivity contribution in [3.63, 3.8) is 0 Å². The van der Waals surface area contributed by atoms with Crippen LogP contribution in [0.2, 0.25) is 0 Å². The van der Waals surface area contributed by atoms with Crippen LogP contribution in [0.5, 0.6) is 0 Å². The van der Waals surface area contributed by atoms with E-state index in [1.807, 2.05) is 52.1 Å². The van der Waals surface area contributed by atoms with E-state index < -0.39 is 17.7 Å². The fraction of sp³-hybridized carbons (Fsp3) is 0.633. The first-order chi connectivity index (χ1) is 19.8. The Bertz CT molecular complexity index is 1450. The Balaban J connectivity index is 1.63. The number of ether oxygens (including phenoxy) is 3. The Hall–Kier alpha value is -3.35. The number of aryl methyl sites for hydroxylation is 1. The van der Waals surface area contributed by atoms with Crippen LogP contribution in [0, 0.1) is 12.8 Å². The Morgan fingerprint density at radius 1 is 1.19 bits per heavy atom. The Morgan fingerprint density at radius 2 is 1.90 bits per heavy atom. The van der Waals surface area contributed by atoms with Crippen LogP contribution in [0.15, 0.2) is 24.4 Å². The maximum absolute atomic E-state index is 12.7. The summed E-state index contributed by atoms with van der Waals surface area (Å²) in [6, 6.07) is 1.92. The quantitative estimate of drug-likeness (QED) is 0.446. The number of carboxylic acids is 1. The molecule has 0 radical (unpaired) electrons. The molecule has 3 aromatic heterocycles. The second kappa shape index (κ2) is 11.7. The van der Waals surface area contributed by atoms with Crippen molar-refractivity contribution in [2.45, 2.75) is 91.3 Å². The van der Waals surface area contributed by atoms with Gasteiger partial charge in [-0.05, 0) is 53.4 Å². The number of carboxylic acid groups (broad SMARTS) is 1. The van der Waals surface area contributed by atoms with E-state index in [9.17, 15) is 9.90 Å². The first kappa shape index (κ1) is 30.1. The standard InChI is InChI=1S/C30H43N7O5/c1-19(2)25-22-18-36(34-32-22)17-21-16-23-31-20(3)24(26(28(38)39)42-29(4,5)6)27(37(23)33-21)35-12-10-30(7,11-13-35)41-15-9-8-14-40-25/h8-9,16,18-19,25-26H,10-15,17H2,1-7H3,(H,38,39)/t25?,26-/m0/s1. The molecule has 42 heavy (non-hydrogen) atoms. The van der Waals surface area contributed by atoms with Gasteiger partial charge in [0.15, 0.2) is 11.8 Å². The molecule has 3 aliphatic heterocycles. The summed E-state index contributed by atoms with van der Waals surface area (Å²) in [4.78, 5) is 19.7. The molecular formula is C30H43N7O5. The summed E-state index contributed by atoms with van der Waals surface area (Å²) in [6.45, 7) is 16.4. The first-order valence-electron chi connectivity index (χ1n) is 14.7. The van der Waals surface area contributed by atoms with E-state index in [2.05, 4.69) is 36.0 Å². The molecule has 0 amide bonds. The average Bonchev–Trinajstić information content (AvgIpc) is 3.52. The van der Waals surface area contributed by atoms with Crippen molar-refractivity contribution in [2.75, 3.05) is 31.2 Å². The Morgan fingerprint density at radius 3 is 2.57 bits per heavy atom. The van der Waals surface area contributed by atoms with Gasteiger partial charge in [0.1, 0.15) is 17.6 Å². The summed E-state index contributed by atoms with van der Waals surface area (Å²) in [5, 5.41) is 24.0. The maximum Gasteiger partial charge on any atom is 0.337 e. The second-order valence-corrected chi connectivity index (χ2v) is 12.8. The van der Waals surface area contributed by atoms with Crippen LogP contribution in [0.4, 0.5) is 5.82 Å². The van der Waals surface area contributed by atoms with Crippen molar-refractivity contribution in [2.24, 2.45) is 5.92 Å². The van der Waals surface area contributed by atoms with Gasteiger partial charge in [0.05, 0.1) is 48.4 Å². The molecule has 3 aliphatic rings. The van der Waals surface area contributed by atoms with Crippen LogP contribution in [0.3, 0.4) is 0 Å². The predicted octanol–water partition coefficient (Wildman–Crippen LogP) is 4.28. The van der Waals surface area contributed by atoms with Crippen molar-refractivity contribution in [3.8, 4) is 0 Å². The molecule has 0 aromatic carbocycles. The third-order valence-electron chi connectivity index (χ3n) is 7.78. The molecular weight excluding hydrogens is 538 g/mol. The minimum atomic E-state index is -1.22. The zero-order valence-corrected chi connectivity index (χ0v) is 25.7. The van der Waals surface area contributed by atoms with E-state index in [1.165, 1.54) is 0 Å². The number of hydrogen-bond donors (Lipinski definition) is 1. The summed E-state index contributed by atoms with van der Waals surface area (Å²) in [5.41, 5.74) is 2.23. The van der Waals surface area contributed by atoms with Crippen molar-refractivity contribution in [1.82, 2.24) is 29.6 Å². The van der Waals surface area contributed by atoms with E-state index in [0.29, 0.717) is 55.6 Å². The van der Waals surface area contributed by atoms with E-state index in [4.69, 9.17) is 24.3 Å². The largest absolute Gasteiger partial charge is 0.479 e. The van der Waals surface area contributed by atoms with Gasteiger partial charge in [0, 0.05) is 24.8 Å². The molecule has 1 fully saturated rings. The monoisotopic (exact) mass is 581 g/mol. The number of fused-ring (bicyclic) bond motifs is 7. The summed E-state index contributed by atoms with van der Waals surface area (Å²) in [6.07, 6.45) is 5.99. The predicted molar refractivity (Wildman–Crippen MR) is 157 cm³/mol. The Labute approximate surface area is 246 Å². The normalized spacial score (nSPS) is 22.9. The molecule has 1 unspecified atom stereocenters. The molecule has 1 saturated heterocycles. The molecule has 6 bridgehead atoms. The lowest BCUT2D eigenvalue weighted by Crippen LogP contribution is -2.45. The smallest absolute Gasteiger partial charge is 0.337 e. The molecule has 228 valence electrons. The molecule has 6 rings (SSSR count). The molecule has 6 heterocycles. The molecule has 0 aliphatic carbocycles. The van der Waals surface area contributed by atoms with Gasteiger partial charge >= 0.3 is 5.97 Å². The van der Waals surface area contributed by atoms with E-state index in [0.717, 1.165) is 24.2 Å². The zero-order chi connectivity index (χ0) is 30.2. The van der Waals surface area contributed by atoms with Gasteiger partial charge in [-0.25, -0.2) is 14.5 Å². The van der Waals surface area contributed by atoms with Gasteiger partial charge in [0.25, 0.3) is 0 Å². The highest BCUT2D eigenvalue weighted by molar-refractivity contribution is 5.78. The van der Waals surface area contributed by atoms with Crippen LogP contribution in [0.25, 0.3) is 5.65 Å². The third-order valence-corrected chi connectivity index (χ3v) is 7.78. The number of nitrogens with zero attached hydrogens (tertiary/aromatic N) is 7. The summed E-state index contributed by atoms with van der Waals surface area (Å²) < 4.78 is 22.1. The number of aromatic nitrogens is 6. The molecule has 0 spiro atoms. The maximum atomic E-state index is 12.7. The highest BCUT2D eigenvalue weighted by atomic mass is 16.5. The molecule has 12 nitrogen and oxygen atoms in total. The number of aliphatic carboxylic acids is 1. The number of anilines is 1. The fourth-order valence-electron chi connectivity index (χ4n) is 5.62. The zero-order valence-electron chi connectivity index (χ0n) is 25.7. The number of piperidine rings is 1. The number of carbonyl (C=O) groups is 1. The summed E-state index contributed by atoms with van der Waals surface area (Å²) in [5.74, 6) is -0.173. The van der Waals surface area contributed by atoms with Gasteiger partial charge in [-0.1, -0.05) is 31.2 Å². The lowest BCUT2D eigenvalue weighted by atomic mass is 9.92. The lowest BCUT2D eigenvalue weighted by molar-refractivity contribution is -0.160.